The van der Waals surface area contributed by atoms with Crippen LogP contribution in [0.3, 0.4) is 0 Å². The first-order chi connectivity index (χ1) is 17.6. The van der Waals surface area contributed by atoms with Gasteiger partial charge in [0.2, 0.25) is 0 Å². The van der Waals surface area contributed by atoms with Crippen molar-refractivity contribution in [3.8, 4) is 5.75 Å². The minimum atomic E-state index is -4.41. The van der Waals surface area contributed by atoms with E-state index in [1.54, 1.807) is 0 Å². The van der Waals surface area contributed by atoms with Crippen molar-refractivity contribution in [2.45, 2.75) is 80.6 Å². The van der Waals surface area contributed by atoms with E-state index in [2.05, 4.69) is 50.4 Å². The third kappa shape index (κ3) is 4.11. The predicted octanol–water partition coefficient (Wildman–Crippen LogP) is 4.64. The molecule has 0 spiro atoms. The zero-order valence-corrected chi connectivity index (χ0v) is 21.4. The summed E-state index contributed by atoms with van der Waals surface area (Å²) < 4.78 is 48.5. The molecule has 2 heterocycles. The van der Waals surface area contributed by atoms with Crippen LogP contribution in [-0.4, -0.2) is 54.3 Å². The van der Waals surface area contributed by atoms with Gasteiger partial charge >= 0.3 is 6.18 Å². The van der Waals surface area contributed by atoms with E-state index < -0.39 is 11.7 Å². The van der Waals surface area contributed by atoms with Crippen molar-refractivity contribution >= 4 is 0 Å². The molecular formula is C26H32F3N7O. The Morgan fingerprint density at radius 3 is 2.46 bits per heavy atom. The third-order valence-corrected chi connectivity index (χ3v) is 8.97. The van der Waals surface area contributed by atoms with Gasteiger partial charge in [0.25, 0.3) is 0 Å². The van der Waals surface area contributed by atoms with Crippen LogP contribution in [0.25, 0.3) is 0 Å². The largest absolute Gasteiger partial charge is 0.486 e. The number of halogens is 3. The highest BCUT2D eigenvalue weighted by atomic mass is 19.4. The minimum absolute atomic E-state index is 0.0543. The second-order valence-corrected chi connectivity index (χ2v) is 11.4. The Morgan fingerprint density at radius 2 is 1.78 bits per heavy atom. The molecule has 4 fully saturated rings. The summed E-state index contributed by atoms with van der Waals surface area (Å²) in [5.74, 6) is 1.91. The smallest absolute Gasteiger partial charge is 0.416 e. The van der Waals surface area contributed by atoms with E-state index >= 15 is 0 Å². The van der Waals surface area contributed by atoms with Crippen LogP contribution in [0.5, 0.6) is 5.75 Å². The molecule has 0 aliphatic heterocycles. The Balaban J connectivity index is 1.04. The Bertz CT molecular complexity index is 1270. The second kappa shape index (κ2) is 8.54. The molecule has 0 saturated heterocycles. The number of hydrogen-bond acceptors (Lipinski definition) is 6. The van der Waals surface area contributed by atoms with Crippen molar-refractivity contribution in [2.24, 2.45) is 7.05 Å². The summed E-state index contributed by atoms with van der Waals surface area (Å²) in [6, 6.07) is 5.22. The highest BCUT2D eigenvalue weighted by Crippen LogP contribution is 2.69. The summed E-state index contributed by atoms with van der Waals surface area (Å²) in [5, 5.41) is 17.7. The highest BCUT2D eigenvalue weighted by molar-refractivity contribution is 5.37. The fraction of sp³-hybridized carbons (Fsp3) is 0.615. The topological polar surface area (TPSA) is 73.9 Å². The van der Waals surface area contributed by atoms with Crippen LogP contribution in [0.2, 0.25) is 0 Å². The standard InChI is InChI=1S/C26H32F3N7O/c1-34(2)25-14-24(15-25,16-25)21-12-36(33-30-21)19-9-7-17(8-10-19)23-32-31-22(35(23)3)13-37-20-6-4-5-18(11-20)26(27,28)29/h4-6,11-12,17,19H,7-10,13-16H2,1-3H3. The fourth-order valence-electron chi connectivity index (χ4n) is 6.54. The molecule has 37 heavy (non-hydrogen) atoms. The van der Waals surface area contributed by atoms with Crippen molar-refractivity contribution in [2.75, 3.05) is 14.1 Å². The lowest BCUT2D eigenvalue weighted by molar-refractivity contribution is -0.153. The van der Waals surface area contributed by atoms with Crippen LogP contribution < -0.4 is 4.74 Å². The van der Waals surface area contributed by atoms with Crippen LogP contribution in [-0.2, 0) is 25.2 Å². The molecule has 0 unspecified atom stereocenters. The lowest BCUT2D eigenvalue weighted by Crippen LogP contribution is -2.75. The second-order valence-electron chi connectivity index (χ2n) is 11.4. The molecular weight excluding hydrogens is 483 g/mol. The van der Waals surface area contributed by atoms with Gasteiger partial charge in [0.15, 0.2) is 5.82 Å². The number of aromatic nitrogens is 6. The number of ether oxygens (including phenoxy) is 1. The van der Waals surface area contributed by atoms with Crippen molar-refractivity contribution in [3.05, 3.63) is 53.4 Å². The van der Waals surface area contributed by atoms with E-state index in [0.717, 1.165) is 49.3 Å². The SMILES string of the molecule is CN(C)C12CC(c3cn(C4CCC(c5nnc(COc6cccc(C(F)(F)F)c6)n5C)CC4)nn3)(C1)C2. The number of rotatable bonds is 7. The van der Waals surface area contributed by atoms with Gasteiger partial charge in [-0.15, -0.1) is 15.3 Å². The maximum Gasteiger partial charge on any atom is 0.416 e. The Morgan fingerprint density at radius 1 is 1.05 bits per heavy atom. The van der Waals surface area contributed by atoms with Gasteiger partial charge < -0.3 is 14.2 Å². The first kappa shape index (κ1) is 24.4. The molecule has 4 aliphatic rings. The third-order valence-electron chi connectivity index (χ3n) is 8.97. The first-order valence-corrected chi connectivity index (χ1v) is 12.9. The number of benzene rings is 1. The molecule has 0 N–H and O–H groups in total. The molecule has 1 aromatic carbocycles. The van der Waals surface area contributed by atoms with Gasteiger partial charge in [0, 0.05) is 30.1 Å². The molecule has 4 aliphatic carbocycles. The molecule has 3 aromatic rings. The lowest BCUT2D eigenvalue weighted by atomic mass is 9.38. The Hall–Kier alpha value is -2.95. The van der Waals surface area contributed by atoms with E-state index in [9.17, 15) is 13.2 Å². The fourth-order valence-corrected chi connectivity index (χ4v) is 6.54. The molecule has 198 valence electrons. The zero-order chi connectivity index (χ0) is 26.0. The summed E-state index contributed by atoms with van der Waals surface area (Å²) in [4.78, 5) is 2.36. The van der Waals surface area contributed by atoms with Gasteiger partial charge in [-0.25, -0.2) is 4.68 Å². The van der Waals surface area contributed by atoms with Crippen LogP contribution in [0.4, 0.5) is 13.2 Å². The number of alkyl halides is 3. The van der Waals surface area contributed by atoms with Crippen molar-refractivity contribution in [1.29, 1.82) is 0 Å². The molecule has 0 atom stereocenters. The summed E-state index contributed by atoms with van der Waals surface area (Å²) in [6.45, 7) is 0.0543. The van der Waals surface area contributed by atoms with Crippen LogP contribution in [0.1, 0.15) is 79.8 Å². The maximum absolute atomic E-state index is 13.0. The van der Waals surface area contributed by atoms with Gasteiger partial charge in [-0.2, -0.15) is 13.2 Å². The first-order valence-electron chi connectivity index (χ1n) is 12.9. The zero-order valence-electron chi connectivity index (χ0n) is 21.4. The van der Waals surface area contributed by atoms with Crippen LogP contribution >= 0.6 is 0 Å². The van der Waals surface area contributed by atoms with E-state index in [0.29, 0.717) is 17.4 Å². The highest BCUT2D eigenvalue weighted by Gasteiger charge is 2.70. The predicted molar refractivity (Wildman–Crippen MR) is 129 cm³/mol. The summed E-state index contributed by atoms with van der Waals surface area (Å²) >= 11 is 0. The number of nitrogens with zero attached hydrogens (tertiary/aromatic N) is 7. The molecule has 2 aromatic heterocycles. The average molecular weight is 516 g/mol. The summed E-state index contributed by atoms with van der Waals surface area (Å²) in [7, 11) is 6.23. The molecule has 0 radical (unpaired) electrons. The lowest BCUT2D eigenvalue weighted by Gasteiger charge is -2.72. The van der Waals surface area contributed by atoms with E-state index in [-0.39, 0.29) is 23.7 Å². The summed E-state index contributed by atoms with van der Waals surface area (Å²) in [6.07, 6.45) is 5.24. The van der Waals surface area contributed by atoms with Crippen molar-refractivity contribution < 1.29 is 17.9 Å². The van der Waals surface area contributed by atoms with Gasteiger partial charge in [-0.3, -0.25) is 0 Å². The van der Waals surface area contributed by atoms with E-state index in [4.69, 9.17) is 4.74 Å². The molecule has 11 heteroatoms. The average Bonchev–Trinajstić information content (AvgIpc) is 3.43. The van der Waals surface area contributed by atoms with Crippen molar-refractivity contribution in [3.63, 3.8) is 0 Å². The van der Waals surface area contributed by atoms with Gasteiger partial charge in [0.05, 0.1) is 17.3 Å². The molecule has 7 rings (SSSR count). The molecule has 4 saturated carbocycles. The minimum Gasteiger partial charge on any atom is -0.486 e. The van der Waals surface area contributed by atoms with Gasteiger partial charge in [-0.1, -0.05) is 11.3 Å². The van der Waals surface area contributed by atoms with Crippen LogP contribution in [0, 0.1) is 0 Å². The van der Waals surface area contributed by atoms with E-state index in [1.165, 1.54) is 31.4 Å². The monoisotopic (exact) mass is 515 g/mol. The number of hydrogen-bond donors (Lipinski definition) is 0. The maximum atomic E-state index is 13.0. The molecule has 0 amide bonds. The molecule has 8 nitrogen and oxygen atoms in total. The quantitative estimate of drug-likeness (QED) is 0.457. The Labute approximate surface area is 213 Å². The normalized spacial score (nSPS) is 29.2. The molecule has 2 bridgehead atoms. The Kier molecular flexibility index (Phi) is 5.63. The van der Waals surface area contributed by atoms with Crippen LogP contribution in [0.15, 0.2) is 30.5 Å². The van der Waals surface area contributed by atoms with Gasteiger partial charge in [0.1, 0.15) is 18.2 Å². The van der Waals surface area contributed by atoms with Gasteiger partial charge in [-0.05, 0) is 77.2 Å². The van der Waals surface area contributed by atoms with E-state index in [1.807, 2.05) is 11.6 Å². The summed E-state index contributed by atoms with van der Waals surface area (Å²) in [5.41, 5.74) is 1.04. The van der Waals surface area contributed by atoms with Crippen molar-refractivity contribution in [1.82, 2.24) is 34.7 Å².